The number of ether oxygens (including phenoxy) is 2. The van der Waals surface area contributed by atoms with Crippen molar-refractivity contribution in [1.29, 1.82) is 0 Å². The van der Waals surface area contributed by atoms with Gasteiger partial charge in [0, 0.05) is 13.1 Å². The van der Waals surface area contributed by atoms with E-state index in [4.69, 9.17) is 14.6 Å². The normalized spacial score (nSPS) is 20.7. The standard InChI is InChI=1S/C20H24N4O5S/c21-30(26,27)15-4-1-13(2-5-15)7-8-22-20(25)16-12-23-24-19(16)14-3-6-17-18(11-14)29-10-9-28-17/h1-6,11,16,19,23-24H,7-10,12H2,(H,22,25)(H2,21,26,27). The molecule has 2 atom stereocenters. The summed E-state index contributed by atoms with van der Waals surface area (Å²) in [5, 5.41) is 8.07. The van der Waals surface area contributed by atoms with Gasteiger partial charge in [-0.15, -0.1) is 0 Å². The maximum atomic E-state index is 12.8. The lowest BCUT2D eigenvalue weighted by atomic mass is 9.93. The van der Waals surface area contributed by atoms with Crippen molar-refractivity contribution in [2.75, 3.05) is 26.3 Å². The van der Waals surface area contributed by atoms with Gasteiger partial charge >= 0.3 is 0 Å². The Kier molecular flexibility index (Phi) is 5.91. The van der Waals surface area contributed by atoms with Crippen molar-refractivity contribution in [3.05, 3.63) is 53.6 Å². The van der Waals surface area contributed by atoms with E-state index in [1.165, 1.54) is 12.1 Å². The van der Waals surface area contributed by atoms with E-state index in [1.54, 1.807) is 12.1 Å². The highest BCUT2D eigenvalue weighted by molar-refractivity contribution is 7.89. The molecule has 0 aliphatic carbocycles. The molecule has 5 N–H and O–H groups in total. The summed E-state index contributed by atoms with van der Waals surface area (Å²) in [7, 11) is -3.70. The van der Waals surface area contributed by atoms with Gasteiger partial charge in [0.05, 0.1) is 16.9 Å². The molecule has 0 bridgehead atoms. The summed E-state index contributed by atoms with van der Waals surface area (Å²) in [6, 6.07) is 11.9. The molecule has 0 radical (unpaired) electrons. The van der Waals surface area contributed by atoms with E-state index in [1.807, 2.05) is 18.2 Å². The van der Waals surface area contributed by atoms with E-state index < -0.39 is 10.0 Å². The van der Waals surface area contributed by atoms with Crippen LogP contribution in [0, 0.1) is 5.92 Å². The molecule has 1 saturated heterocycles. The Morgan fingerprint density at radius 2 is 1.83 bits per heavy atom. The number of nitrogens with one attached hydrogen (secondary N) is 3. The number of benzene rings is 2. The van der Waals surface area contributed by atoms with Gasteiger partial charge in [-0.05, 0) is 41.8 Å². The van der Waals surface area contributed by atoms with Crippen LogP contribution in [0.25, 0.3) is 0 Å². The maximum absolute atomic E-state index is 12.8. The minimum Gasteiger partial charge on any atom is -0.486 e. The van der Waals surface area contributed by atoms with E-state index >= 15 is 0 Å². The minimum absolute atomic E-state index is 0.0615. The fourth-order valence-electron chi connectivity index (χ4n) is 3.62. The van der Waals surface area contributed by atoms with Crippen molar-refractivity contribution in [3.8, 4) is 11.5 Å². The van der Waals surface area contributed by atoms with Crippen LogP contribution in [0.5, 0.6) is 11.5 Å². The van der Waals surface area contributed by atoms with Gasteiger partial charge in [0.15, 0.2) is 11.5 Å². The average molecular weight is 433 g/mol. The first-order chi connectivity index (χ1) is 14.4. The van der Waals surface area contributed by atoms with E-state index in [0.29, 0.717) is 44.2 Å². The number of sulfonamides is 1. The lowest BCUT2D eigenvalue weighted by molar-refractivity contribution is -0.124. The predicted octanol–water partition coefficient (Wildman–Crippen LogP) is 0.229. The van der Waals surface area contributed by atoms with Crippen LogP contribution >= 0.6 is 0 Å². The molecule has 160 valence electrons. The van der Waals surface area contributed by atoms with Crippen LogP contribution in [-0.2, 0) is 21.2 Å². The third kappa shape index (κ3) is 4.57. The zero-order chi connectivity index (χ0) is 21.1. The topological polar surface area (TPSA) is 132 Å². The van der Waals surface area contributed by atoms with Crippen LogP contribution in [0.2, 0.25) is 0 Å². The predicted molar refractivity (Wildman–Crippen MR) is 109 cm³/mol. The lowest BCUT2D eigenvalue weighted by Gasteiger charge is -2.22. The van der Waals surface area contributed by atoms with E-state index in [-0.39, 0.29) is 22.8 Å². The van der Waals surface area contributed by atoms with E-state index in [9.17, 15) is 13.2 Å². The van der Waals surface area contributed by atoms with Gasteiger partial charge in [-0.3, -0.25) is 10.2 Å². The number of nitrogens with two attached hydrogens (primary N) is 1. The molecule has 1 fully saturated rings. The Bertz CT molecular complexity index is 1030. The molecule has 1 amide bonds. The molecule has 2 aliphatic rings. The molecule has 2 aliphatic heterocycles. The minimum atomic E-state index is -3.70. The van der Waals surface area contributed by atoms with Crippen LogP contribution in [0.15, 0.2) is 47.4 Å². The summed E-state index contributed by atoms with van der Waals surface area (Å²) in [6.07, 6.45) is 0.582. The Balaban J connectivity index is 1.35. The molecule has 0 aromatic heterocycles. The molecule has 2 aromatic carbocycles. The maximum Gasteiger partial charge on any atom is 0.238 e. The fourth-order valence-corrected chi connectivity index (χ4v) is 4.13. The molecular formula is C20H24N4O5S. The number of hydrazine groups is 1. The van der Waals surface area contributed by atoms with Crippen molar-refractivity contribution >= 4 is 15.9 Å². The highest BCUT2D eigenvalue weighted by atomic mass is 32.2. The van der Waals surface area contributed by atoms with E-state index in [0.717, 1.165) is 11.1 Å². The molecule has 4 rings (SSSR count). The van der Waals surface area contributed by atoms with Gasteiger partial charge in [0.1, 0.15) is 13.2 Å². The number of carbonyl (C=O) groups excluding carboxylic acids is 1. The second-order valence-corrected chi connectivity index (χ2v) is 8.80. The van der Waals surface area contributed by atoms with Crippen molar-refractivity contribution in [2.45, 2.75) is 17.4 Å². The molecule has 0 spiro atoms. The van der Waals surface area contributed by atoms with Crippen molar-refractivity contribution in [1.82, 2.24) is 16.2 Å². The SMILES string of the molecule is NS(=O)(=O)c1ccc(CCNC(=O)C2CNNC2c2ccc3c(c2)OCCO3)cc1. The molecule has 2 unspecified atom stereocenters. The molecule has 2 aromatic rings. The van der Waals surface area contributed by atoms with Crippen molar-refractivity contribution < 1.29 is 22.7 Å². The summed E-state index contributed by atoms with van der Waals surface area (Å²) in [5.41, 5.74) is 8.08. The first kappa shape index (κ1) is 20.6. The summed E-state index contributed by atoms with van der Waals surface area (Å²) < 4.78 is 33.8. The summed E-state index contributed by atoms with van der Waals surface area (Å²) >= 11 is 0. The summed E-state index contributed by atoms with van der Waals surface area (Å²) in [5.74, 6) is 1.06. The second-order valence-electron chi connectivity index (χ2n) is 7.24. The smallest absolute Gasteiger partial charge is 0.238 e. The second kappa shape index (κ2) is 8.60. The van der Waals surface area contributed by atoms with Crippen LogP contribution in [0.4, 0.5) is 0 Å². The molecule has 10 heteroatoms. The summed E-state index contributed by atoms with van der Waals surface area (Å²) in [4.78, 5) is 12.8. The Labute approximate surface area is 175 Å². The Morgan fingerprint density at radius 3 is 2.57 bits per heavy atom. The summed E-state index contributed by atoms with van der Waals surface area (Å²) in [6.45, 7) is 1.99. The average Bonchev–Trinajstić information content (AvgIpc) is 3.23. The van der Waals surface area contributed by atoms with Gasteiger partial charge in [0.25, 0.3) is 0 Å². The van der Waals surface area contributed by atoms with Gasteiger partial charge in [-0.1, -0.05) is 18.2 Å². The van der Waals surface area contributed by atoms with Crippen LogP contribution in [0.1, 0.15) is 17.2 Å². The van der Waals surface area contributed by atoms with Gasteiger partial charge < -0.3 is 14.8 Å². The molecule has 30 heavy (non-hydrogen) atoms. The molecule has 9 nitrogen and oxygen atoms in total. The Hall–Kier alpha value is -2.66. The fraction of sp³-hybridized carbons (Fsp3) is 0.350. The zero-order valence-corrected chi connectivity index (χ0v) is 17.1. The number of rotatable bonds is 6. The first-order valence-electron chi connectivity index (χ1n) is 9.69. The monoisotopic (exact) mass is 432 g/mol. The van der Waals surface area contributed by atoms with Gasteiger partial charge in [-0.25, -0.2) is 19.0 Å². The quantitative estimate of drug-likeness (QED) is 0.514. The third-order valence-corrected chi connectivity index (χ3v) is 6.14. The highest BCUT2D eigenvalue weighted by Crippen LogP contribution is 2.35. The molecular weight excluding hydrogens is 408 g/mol. The molecule has 2 heterocycles. The molecule has 0 saturated carbocycles. The zero-order valence-electron chi connectivity index (χ0n) is 16.3. The van der Waals surface area contributed by atoms with E-state index in [2.05, 4.69) is 16.2 Å². The third-order valence-electron chi connectivity index (χ3n) is 5.21. The highest BCUT2D eigenvalue weighted by Gasteiger charge is 2.34. The first-order valence-corrected chi connectivity index (χ1v) is 11.2. The van der Waals surface area contributed by atoms with Crippen molar-refractivity contribution in [3.63, 3.8) is 0 Å². The number of hydrogen-bond donors (Lipinski definition) is 4. The number of carbonyl (C=O) groups is 1. The van der Waals surface area contributed by atoms with Crippen LogP contribution < -0.4 is 30.8 Å². The van der Waals surface area contributed by atoms with Gasteiger partial charge in [0.2, 0.25) is 15.9 Å². The number of amides is 1. The largest absolute Gasteiger partial charge is 0.486 e. The Morgan fingerprint density at radius 1 is 1.10 bits per heavy atom. The number of hydrogen-bond acceptors (Lipinski definition) is 7. The number of primary sulfonamides is 1. The lowest BCUT2D eigenvalue weighted by Crippen LogP contribution is -2.36. The van der Waals surface area contributed by atoms with Crippen molar-refractivity contribution in [2.24, 2.45) is 11.1 Å². The van der Waals surface area contributed by atoms with Crippen LogP contribution in [-0.4, -0.2) is 40.6 Å². The van der Waals surface area contributed by atoms with Gasteiger partial charge in [-0.2, -0.15) is 0 Å². The number of fused-ring (bicyclic) bond motifs is 1. The van der Waals surface area contributed by atoms with Crippen LogP contribution in [0.3, 0.4) is 0 Å².